The summed E-state index contributed by atoms with van der Waals surface area (Å²) in [5.74, 6) is 1.62. The average Bonchev–Trinajstić information content (AvgIpc) is 3.17. The maximum Gasteiger partial charge on any atom is 0.122 e. The molecule has 0 spiro atoms. The second-order valence-electron chi connectivity index (χ2n) is 6.53. The zero-order valence-corrected chi connectivity index (χ0v) is 13.9. The third kappa shape index (κ3) is 3.38. The van der Waals surface area contributed by atoms with Crippen molar-refractivity contribution in [3.8, 4) is 0 Å². The van der Waals surface area contributed by atoms with Crippen molar-refractivity contribution in [2.75, 3.05) is 6.54 Å². The van der Waals surface area contributed by atoms with E-state index >= 15 is 0 Å². The molecule has 0 saturated heterocycles. The summed E-state index contributed by atoms with van der Waals surface area (Å²) in [7, 11) is 0. The zero-order valence-electron chi connectivity index (χ0n) is 13.9. The van der Waals surface area contributed by atoms with Crippen LogP contribution in [0.2, 0.25) is 0 Å². The fourth-order valence-corrected chi connectivity index (χ4v) is 3.45. The molecule has 1 unspecified atom stereocenters. The monoisotopic (exact) mass is 322 g/mol. The molecule has 0 radical (unpaired) electrons. The number of hydrogen-bond acceptors (Lipinski definition) is 4. The SMILES string of the molecule is Cc1cccc(CN2Cc3nccn3CC(Cn3cccn3)C2)n1. The molecule has 6 heteroatoms. The molecule has 0 aromatic carbocycles. The predicted molar refractivity (Wildman–Crippen MR) is 91.0 cm³/mol. The molecule has 4 heterocycles. The molecule has 0 saturated carbocycles. The van der Waals surface area contributed by atoms with Gasteiger partial charge in [0.2, 0.25) is 0 Å². The third-order valence-corrected chi connectivity index (χ3v) is 4.47. The Kier molecular flexibility index (Phi) is 4.13. The number of imidazole rings is 1. The van der Waals surface area contributed by atoms with E-state index < -0.39 is 0 Å². The minimum Gasteiger partial charge on any atom is -0.333 e. The maximum absolute atomic E-state index is 4.66. The normalized spacial score (nSPS) is 18.3. The molecule has 6 nitrogen and oxygen atoms in total. The van der Waals surface area contributed by atoms with Gasteiger partial charge in [0.1, 0.15) is 5.82 Å². The minimum absolute atomic E-state index is 0.491. The summed E-state index contributed by atoms with van der Waals surface area (Å²) < 4.78 is 4.30. The van der Waals surface area contributed by atoms with Gasteiger partial charge in [0.05, 0.1) is 12.2 Å². The second-order valence-corrected chi connectivity index (χ2v) is 6.53. The summed E-state index contributed by atoms with van der Waals surface area (Å²) in [6, 6.07) is 8.21. The number of fused-ring (bicyclic) bond motifs is 1. The Hall–Kier alpha value is -2.47. The molecule has 4 rings (SSSR count). The van der Waals surface area contributed by atoms with Gasteiger partial charge in [-0.2, -0.15) is 5.10 Å². The molecular weight excluding hydrogens is 300 g/mol. The van der Waals surface area contributed by atoms with Gasteiger partial charge >= 0.3 is 0 Å². The number of aryl methyl sites for hydroxylation is 1. The van der Waals surface area contributed by atoms with Gasteiger partial charge in [0.15, 0.2) is 0 Å². The summed E-state index contributed by atoms with van der Waals surface area (Å²) in [5.41, 5.74) is 2.18. The van der Waals surface area contributed by atoms with Gasteiger partial charge < -0.3 is 4.57 Å². The highest BCUT2D eigenvalue weighted by Crippen LogP contribution is 2.18. The first-order valence-electron chi connectivity index (χ1n) is 8.38. The first kappa shape index (κ1) is 15.1. The van der Waals surface area contributed by atoms with Gasteiger partial charge in [-0.15, -0.1) is 0 Å². The summed E-state index contributed by atoms with van der Waals surface area (Å²) in [6.45, 7) is 6.66. The molecule has 0 N–H and O–H groups in total. The van der Waals surface area contributed by atoms with Crippen LogP contribution in [0.1, 0.15) is 17.2 Å². The predicted octanol–water partition coefficient (Wildman–Crippen LogP) is 2.12. The molecule has 24 heavy (non-hydrogen) atoms. The highest BCUT2D eigenvalue weighted by Gasteiger charge is 2.23. The van der Waals surface area contributed by atoms with Crippen LogP contribution in [0, 0.1) is 12.8 Å². The van der Waals surface area contributed by atoms with Crippen molar-refractivity contribution in [2.45, 2.75) is 33.1 Å². The van der Waals surface area contributed by atoms with E-state index in [1.165, 1.54) is 0 Å². The Bertz CT molecular complexity index is 791. The van der Waals surface area contributed by atoms with E-state index in [4.69, 9.17) is 0 Å². The molecule has 1 aliphatic rings. The lowest BCUT2D eigenvalue weighted by Gasteiger charge is -2.23. The Balaban J connectivity index is 1.54. The van der Waals surface area contributed by atoms with Gasteiger partial charge in [0, 0.05) is 62.6 Å². The van der Waals surface area contributed by atoms with Crippen molar-refractivity contribution in [3.05, 3.63) is 66.3 Å². The van der Waals surface area contributed by atoms with Crippen LogP contribution in [0.15, 0.2) is 49.1 Å². The van der Waals surface area contributed by atoms with Crippen LogP contribution in [0.4, 0.5) is 0 Å². The third-order valence-electron chi connectivity index (χ3n) is 4.47. The molecule has 3 aromatic heterocycles. The van der Waals surface area contributed by atoms with Crippen molar-refractivity contribution in [1.29, 1.82) is 0 Å². The van der Waals surface area contributed by atoms with E-state index in [0.29, 0.717) is 5.92 Å². The van der Waals surface area contributed by atoms with E-state index in [9.17, 15) is 0 Å². The lowest BCUT2D eigenvalue weighted by atomic mass is 10.1. The molecule has 0 amide bonds. The van der Waals surface area contributed by atoms with Crippen LogP contribution in [-0.4, -0.2) is 35.8 Å². The van der Waals surface area contributed by atoms with Crippen LogP contribution in [0.3, 0.4) is 0 Å². The lowest BCUT2D eigenvalue weighted by Crippen LogP contribution is -2.30. The Morgan fingerprint density at radius 2 is 2.08 bits per heavy atom. The molecular formula is C18H22N6. The van der Waals surface area contributed by atoms with Gasteiger partial charge in [-0.3, -0.25) is 14.6 Å². The molecule has 0 aliphatic carbocycles. The molecule has 1 aliphatic heterocycles. The van der Waals surface area contributed by atoms with E-state index in [1.807, 2.05) is 42.3 Å². The van der Waals surface area contributed by atoms with Crippen LogP contribution >= 0.6 is 0 Å². The highest BCUT2D eigenvalue weighted by molar-refractivity contribution is 5.10. The van der Waals surface area contributed by atoms with E-state index in [-0.39, 0.29) is 0 Å². The van der Waals surface area contributed by atoms with Crippen molar-refractivity contribution >= 4 is 0 Å². The maximum atomic E-state index is 4.66. The summed E-state index contributed by atoms with van der Waals surface area (Å²) >= 11 is 0. The van der Waals surface area contributed by atoms with Gasteiger partial charge in [-0.1, -0.05) is 6.07 Å². The molecule has 124 valence electrons. The van der Waals surface area contributed by atoms with Gasteiger partial charge in [-0.25, -0.2) is 4.98 Å². The fourth-order valence-electron chi connectivity index (χ4n) is 3.45. The number of pyridine rings is 1. The number of aromatic nitrogens is 5. The first-order valence-corrected chi connectivity index (χ1v) is 8.38. The summed E-state index contributed by atoms with van der Waals surface area (Å²) in [5, 5.41) is 4.37. The fraction of sp³-hybridized carbons (Fsp3) is 0.389. The number of rotatable bonds is 4. The van der Waals surface area contributed by atoms with Gasteiger partial charge in [0.25, 0.3) is 0 Å². The summed E-state index contributed by atoms with van der Waals surface area (Å²) in [4.78, 5) is 11.6. The van der Waals surface area contributed by atoms with Crippen molar-refractivity contribution in [3.63, 3.8) is 0 Å². The first-order chi connectivity index (χ1) is 11.8. The smallest absolute Gasteiger partial charge is 0.122 e. The number of nitrogens with zero attached hydrogens (tertiary/aromatic N) is 6. The van der Waals surface area contributed by atoms with Crippen LogP contribution in [0.5, 0.6) is 0 Å². The van der Waals surface area contributed by atoms with Crippen molar-refractivity contribution in [1.82, 2.24) is 29.2 Å². The van der Waals surface area contributed by atoms with Crippen LogP contribution < -0.4 is 0 Å². The molecule has 0 fully saturated rings. The molecule has 1 atom stereocenters. The Labute approximate surface area is 141 Å². The topological polar surface area (TPSA) is 51.8 Å². The molecule has 0 bridgehead atoms. The largest absolute Gasteiger partial charge is 0.333 e. The quantitative estimate of drug-likeness (QED) is 0.738. The number of hydrogen-bond donors (Lipinski definition) is 0. The second kappa shape index (κ2) is 6.57. The van der Waals surface area contributed by atoms with E-state index in [1.54, 1.807) is 0 Å². The lowest BCUT2D eigenvalue weighted by molar-refractivity contribution is 0.203. The molecule has 3 aromatic rings. The van der Waals surface area contributed by atoms with E-state index in [2.05, 4.69) is 42.9 Å². The Morgan fingerprint density at radius 3 is 2.92 bits per heavy atom. The van der Waals surface area contributed by atoms with Gasteiger partial charge in [-0.05, 0) is 25.1 Å². The van der Waals surface area contributed by atoms with Crippen LogP contribution in [0.25, 0.3) is 0 Å². The summed E-state index contributed by atoms with van der Waals surface area (Å²) in [6.07, 6.45) is 7.86. The average molecular weight is 322 g/mol. The standard InChI is InChI=1S/C18H22N6/c1-15-4-2-5-17(21-15)13-22-10-16(12-24-8-3-6-20-24)11-23-9-7-19-18(23)14-22/h2-9,16H,10-14H2,1H3. The Morgan fingerprint density at radius 1 is 1.12 bits per heavy atom. The zero-order chi connectivity index (χ0) is 16.4. The van der Waals surface area contributed by atoms with Crippen molar-refractivity contribution in [2.24, 2.45) is 5.92 Å². The van der Waals surface area contributed by atoms with E-state index in [0.717, 1.165) is 49.9 Å². The van der Waals surface area contributed by atoms with Crippen molar-refractivity contribution < 1.29 is 0 Å². The van der Waals surface area contributed by atoms with Crippen LogP contribution in [-0.2, 0) is 26.2 Å². The highest BCUT2D eigenvalue weighted by atomic mass is 15.3. The minimum atomic E-state index is 0.491.